The van der Waals surface area contributed by atoms with E-state index in [0.29, 0.717) is 6.54 Å². The largest absolute Gasteiger partial charge is 0.395 e. The summed E-state index contributed by atoms with van der Waals surface area (Å²) in [5.74, 6) is 0.801. The predicted octanol–water partition coefficient (Wildman–Crippen LogP) is 2.56. The van der Waals surface area contributed by atoms with E-state index in [-0.39, 0.29) is 6.61 Å². The third-order valence-electron chi connectivity index (χ3n) is 2.95. The van der Waals surface area contributed by atoms with Crippen LogP contribution in [0.15, 0.2) is 47.1 Å². The fraction of sp³-hybridized carbons (Fsp3) is 0.143. The average Bonchev–Trinajstić information content (AvgIpc) is 2.88. The number of nitrogens with zero attached hydrogens (tertiary/aromatic N) is 3. The molecule has 6 heteroatoms. The zero-order chi connectivity index (χ0) is 13.9. The first kappa shape index (κ1) is 13.1. The summed E-state index contributed by atoms with van der Waals surface area (Å²) in [6.07, 6.45) is 1.95. The number of rotatable bonds is 4. The number of hydrogen-bond acceptors (Lipinski definition) is 4. The molecule has 0 saturated carbocycles. The summed E-state index contributed by atoms with van der Waals surface area (Å²) in [5, 5.41) is 20.3. The second kappa shape index (κ2) is 5.60. The quantitative estimate of drug-likeness (QED) is 0.770. The smallest absolute Gasteiger partial charge is 0.168 e. The molecule has 0 fully saturated rings. The van der Waals surface area contributed by atoms with E-state index in [1.54, 1.807) is 0 Å². The molecule has 0 aliphatic rings. The number of aliphatic hydroxyl groups is 1. The van der Waals surface area contributed by atoms with Crippen molar-refractivity contribution in [1.82, 2.24) is 14.6 Å². The molecule has 1 aromatic carbocycles. The highest BCUT2D eigenvalue weighted by molar-refractivity contribution is 9.10. The Labute approximate surface area is 124 Å². The van der Waals surface area contributed by atoms with E-state index in [4.69, 9.17) is 5.11 Å². The Bertz CT molecular complexity index is 724. The minimum Gasteiger partial charge on any atom is -0.395 e. The Hall–Kier alpha value is -1.92. The summed E-state index contributed by atoms with van der Waals surface area (Å²) in [4.78, 5) is 0. The molecule has 0 unspecified atom stereocenters. The van der Waals surface area contributed by atoms with Gasteiger partial charge >= 0.3 is 0 Å². The predicted molar refractivity (Wildman–Crippen MR) is 81.7 cm³/mol. The minimum atomic E-state index is 0.116. The van der Waals surface area contributed by atoms with Crippen LogP contribution in [-0.2, 0) is 0 Å². The fourth-order valence-electron chi connectivity index (χ4n) is 2.00. The third-order valence-corrected chi connectivity index (χ3v) is 3.42. The number of aromatic nitrogens is 3. The maximum absolute atomic E-state index is 8.79. The van der Waals surface area contributed by atoms with Crippen LogP contribution in [0.2, 0.25) is 0 Å². The van der Waals surface area contributed by atoms with Gasteiger partial charge in [0, 0.05) is 28.5 Å². The highest BCUT2D eigenvalue weighted by atomic mass is 79.9. The van der Waals surface area contributed by atoms with E-state index in [2.05, 4.69) is 31.4 Å². The Morgan fingerprint density at radius 3 is 2.65 bits per heavy atom. The van der Waals surface area contributed by atoms with Crippen molar-refractivity contribution in [1.29, 1.82) is 0 Å². The fourth-order valence-corrected chi connectivity index (χ4v) is 2.34. The summed E-state index contributed by atoms with van der Waals surface area (Å²) in [5.41, 5.74) is 2.77. The number of benzene rings is 1. The van der Waals surface area contributed by atoms with Crippen molar-refractivity contribution in [3.05, 3.63) is 47.1 Å². The van der Waals surface area contributed by atoms with Crippen molar-refractivity contribution >= 4 is 27.3 Å². The van der Waals surface area contributed by atoms with Gasteiger partial charge in [-0.25, -0.2) is 0 Å². The van der Waals surface area contributed by atoms with Crippen molar-refractivity contribution < 1.29 is 5.11 Å². The second-order valence-corrected chi connectivity index (χ2v) is 5.24. The van der Waals surface area contributed by atoms with E-state index in [0.717, 1.165) is 27.2 Å². The van der Waals surface area contributed by atoms with E-state index in [1.165, 1.54) is 0 Å². The van der Waals surface area contributed by atoms with Crippen molar-refractivity contribution in [2.24, 2.45) is 0 Å². The van der Waals surface area contributed by atoms with Crippen LogP contribution in [0.5, 0.6) is 0 Å². The van der Waals surface area contributed by atoms with Crippen LogP contribution in [0.4, 0.5) is 5.69 Å². The van der Waals surface area contributed by atoms with Crippen LogP contribution < -0.4 is 5.32 Å². The molecular weight excluding hydrogens is 320 g/mol. The van der Waals surface area contributed by atoms with E-state index >= 15 is 0 Å². The lowest BCUT2D eigenvalue weighted by Crippen LogP contribution is -2.04. The zero-order valence-electron chi connectivity index (χ0n) is 10.6. The van der Waals surface area contributed by atoms with Gasteiger partial charge in [-0.3, -0.25) is 4.40 Å². The second-order valence-electron chi connectivity index (χ2n) is 4.33. The van der Waals surface area contributed by atoms with Gasteiger partial charge in [0.15, 0.2) is 11.5 Å². The van der Waals surface area contributed by atoms with Crippen LogP contribution >= 0.6 is 15.9 Å². The van der Waals surface area contributed by atoms with Gasteiger partial charge in [0.2, 0.25) is 0 Å². The van der Waals surface area contributed by atoms with E-state index in [9.17, 15) is 0 Å². The first-order valence-corrected chi connectivity index (χ1v) is 7.03. The van der Waals surface area contributed by atoms with Crippen LogP contribution in [0.25, 0.3) is 17.0 Å². The first-order chi connectivity index (χ1) is 9.78. The molecule has 0 spiro atoms. The van der Waals surface area contributed by atoms with Gasteiger partial charge in [-0.1, -0.05) is 0 Å². The number of halogens is 1. The number of pyridine rings is 1. The topological polar surface area (TPSA) is 62.5 Å². The molecule has 2 heterocycles. The summed E-state index contributed by atoms with van der Waals surface area (Å²) in [6.45, 7) is 0.657. The zero-order valence-corrected chi connectivity index (χ0v) is 12.2. The minimum absolute atomic E-state index is 0.116. The Kier molecular flexibility index (Phi) is 3.66. The van der Waals surface area contributed by atoms with Crippen molar-refractivity contribution in [2.75, 3.05) is 18.5 Å². The lowest BCUT2D eigenvalue weighted by molar-refractivity contribution is 0.311. The van der Waals surface area contributed by atoms with Gasteiger partial charge in [-0.15, -0.1) is 10.2 Å². The Morgan fingerprint density at radius 2 is 1.90 bits per heavy atom. The molecule has 2 aromatic heterocycles. The molecule has 102 valence electrons. The van der Waals surface area contributed by atoms with Gasteiger partial charge in [-0.2, -0.15) is 0 Å². The van der Waals surface area contributed by atoms with Crippen molar-refractivity contribution in [2.45, 2.75) is 0 Å². The summed E-state index contributed by atoms with van der Waals surface area (Å²) in [6, 6.07) is 11.7. The lowest BCUT2D eigenvalue weighted by Gasteiger charge is -2.05. The molecule has 3 rings (SSSR count). The molecule has 0 saturated heterocycles. The maximum atomic E-state index is 8.79. The molecule has 20 heavy (non-hydrogen) atoms. The standard InChI is InChI=1S/C14H13BrN4O/c15-11-3-6-13-17-18-14(19(13)9-11)10-1-4-12(5-2-10)16-7-8-20/h1-6,9,16,20H,7-8H2. The highest BCUT2D eigenvalue weighted by Crippen LogP contribution is 2.22. The number of hydrogen-bond donors (Lipinski definition) is 2. The van der Waals surface area contributed by atoms with Crippen molar-refractivity contribution in [3.63, 3.8) is 0 Å². The third kappa shape index (κ3) is 2.52. The van der Waals surface area contributed by atoms with Crippen LogP contribution in [0, 0.1) is 0 Å². The molecule has 0 aliphatic carbocycles. The molecule has 3 aromatic rings. The monoisotopic (exact) mass is 332 g/mol. The normalized spacial score (nSPS) is 10.9. The molecule has 0 amide bonds. The van der Waals surface area contributed by atoms with Gasteiger partial charge in [-0.05, 0) is 52.3 Å². The van der Waals surface area contributed by atoms with Gasteiger partial charge in [0.05, 0.1) is 6.61 Å². The number of nitrogens with one attached hydrogen (secondary N) is 1. The van der Waals surface area contributed by atoms with Gasteiger partial charge < -0.3 is 10.4 Å². The molecule has 0 bridgehead atoms. The van der Waals surface area contributed by atoms with E-state index < -0.39 is 0 Å². The average molecular weight is 333 g/mol. The highest BCUT2D eigenvalue weighted by Gasteiger charge is 2.08. The Morgan fingerprint density at radius 1 is 1.10 bits per heavy atom. The van der Waals surface area contributed by atoms with E-state index in [1.807, 2.05) is 47.0 Å². The molecule has 0 aliphatic heterocycles. The molecule has 2 N–H and O–H groups in total. The van der Waals surface area contributed by atoms with Crippen LogP contribution in [-0.4, -0.2) is 32.9 Å². The van der Waals surface area contributed by atoms with Gasteiger partial charge in [0.25, 0.3) is 0 Å². The molecule has 0 radical (unpaired) electrons. The van der Waals surface area contributed by atoms with Gasteiger partial charge in [0.1, 0.15) is 0 Å². The maximum Gasteiger partial charge on any atom is 0.168 e. The summed E-state index contributed by atoms with van der Waals surface area (Å²) >= 11 is 3.45. The van der Waals surface area contributed by atoms with Crippen LogP contribution in [0.1, 0.15) is 0 Å². The first-order valence-electron chi connectivity index (χ1n) is 6.23. The SMILES string of the molecule is OCCNc1ccc(-c2nnc3ccc(Br)cn23)cc1. The lowest BCUT2D eigenvalue weighted by atomic mass is 10.2. The number of anilines is 1. The summed E-state index contributed by atoms with van der Waals surface area (Å²) < 4.78 is 2.92. The Balaban J connectivity index is 1.96. The van der Waals surface area contributed by atoms with Crippen LogP contribution in [0.3, 0.4) is 0 Å². The molecular formula is C14H13BrN4O. The van der Waals surface area contributed by atoms with Crippen molar-refractivity contribution in [3.8, 4) is 11.4 Å². The number of aliphatic hydroxyl groups excluding tert-OH is 1. The summed E-state index contributed by atoms with van der Waals surface area (Å²) in [7, 11) is 0. The molecule has 0 atom stereocenters. The molecule has 5 nitrogen and oxygen atoms in total. The number of fused-ring (bicyclic) bond motifs is 1.